The number of ether oxygens (including phenoxy) is 1. The van der Waals surface area contributed by atoms with E-state index in [4.69, 9.17) is 4.74 Å². The maximum absolute atomic E-state index is 10.0. The van der Waals surface area contributed by atoms with E-state index in [9.17, 15) is 5.11 Å². The molecular formula is C16H20N2O2. The molecule has 0 amide bonds. The second kappa shape index (κ2) is 7.60. The van der Waals surface area contributed by atoms with Gasteiger partial charge in [0.15, 0.2) is 0 Å². The van der Waals surface area contributed by atoms with Crippen LogP contribution in [0.1, 0.15) is 24.1 Å². The lowest BCUT2D eigenvalue weighted by atomic mass is 10.0. The summed E-state index contributed by atoms with van der Waals surface area (Å²) in [5, 5.41) is 10.0. The van der Waals surface area contributed by atoms with Gasteiger partial charge < -0.3 is 9.84 Å². The van der Waals surface area contributed by atoms with Crippen LogP contribution in [0.3, 0.4) is 0 Å². The lowest BCUT2D eigenvalue weighted by molar-refractivity contribution is 0.161. The van der Waals surface area contributed by atoms with E-state index in [1.54, 1.807) is 13.2 Å². The molecule has 4 nitrogen and oxygen atoms in total. The summed E-state index contributed by atoms with van der Waals surface area (Å²) in [6, 6.07) is 12.1. The van der Waals surface area contributed by atoms with Crippen molar-refractivity contribution in [3.05, 3.63) is 54.0 Å². The Kier molecular flexibility index (Phi) is 5.50. The number of methoxy groups -OCH3 is 1. The van der Waals surface area contributed by atoms with E-state index in [1.807, 2.05) is 18.2 Å². The Bertz CT molecular complexity index is 517. The minimum atomic E-state index is -0.377. The number of aryl methyl sites for hydroxylation is 1. The third-order valence-electron chi connectivity index (χ3n) is 3.20. The second-order valence-electron chi connectivity index (χ2n) is 4.79. The summed E-state index contributed by atoms with van der Waals surface area (Å²) in [6.07, 6.45) is 4.34. The van der Waals surface area contributed by atoms with Crippen molar-refractivity contribution in [3.63, 3.8) is 0 Å². The molecule has 1 aromatic heterocycles. The number of aromatic nitrogens is 2. The summed E-state index contributed by atoms with van der Waals surface area (Å²) in [6.45, 7) is 0. The molecule has 2 aromatic rings. The van der Waals surface area contributed by atoms with Crippen LogP contribution in [0, 0.1) is 0 Å². The maximum atomic E-state index is 10.0. The van der Waals surface area contributed by atoms with E-state index >= 15 is 0 Å². The molecule has 106 valence electrons. The van der Waals surface area contributed by atoms with Gasteiger partial charge in [0.2, 0.25) is 5.88 Å². The summed E-state index contributed by atoms with van der Waals surface area (Å²) in [7, 11) is 1.57. The van der Waals surface area contributed by atoms with Crippen LogP contribution in [0.15, 0.2) is 42.7 Å². The van der Waals surface area contributed by atoms with Crippen LogP contribution in [0.25, 0.3) is 0 Å². The largest absolute Gasteiger partial charge is 0.481 e. The molecule has 4 heteroatoms. The van der Waals surface area contributed by atoms with Crippen LogP contribution in [0.4, 0.5) is 0 Å². The van der Waals surface area contributed by atoms with Gasteiger partial charge in [-0.2, -0.15) is 0 Å². The lowest BCUT2D eigenvalue weighted by Gasteiger charge is -2.10. The molecule has 0 spiro atoms. The zero-order valence-corrected chi connectivity index (χ0v) is 11.7. The van der Waals surface area contributed by atoms with E-state index in [2.05, 4.69) is 22.1 Å². The van der Waals surface area contributed by atoms with Crippen LogP contribution >= 0.6 is 0 Å². The molecule has 0 radical (unpaired) electrons. The van der Waals surface area contributed by atoms with Gasteiger partial charge in [-0.3, -0.25) is 0 Å². The fourth-order valence-electron chi connectivity index (χ4n) is 2.13. The highest BCUT2D eigenvalue weighted by molar-refractivity contribution is 5.15. The highest BCUT2D eigenvalue weighted by atomic mass is 16.5. The SMILES string of the molecule is COc1cc(CC(O)CCCc2ccccc2)ncn1. The number of hydrogen-bond acceptors (Lipinski definition) is 4. The number of aliphatic hydroxyl groups excluding tert-OH is 1. The van der Waals surface area contributed by atoms with Crippen LogP contribution in [-0.4, -0.2) is 28.3 Å². The highest BCUT2D eigenvalue weighted by Crippen LogP contribution is 2.12. The molecule has 0 saturated heterocycles. The van der Waals surface area contributed by atoms with E-state index in [-0.39, 0.29) is 6.10 Å². The highest BCUT2D eigenvalue weighted by Gasteiger charge is 2.08. The molecule has 0 aliphatic heterocycles. The molecule has 0 saturated carbocycles. The number of rotatable bonds is 7. The van der Waals surface area contributed by atoms with Crippen LogP contribution < -0.4 is 4.74 Å². The van der Waals surface area contributed by atoms with E-state index in [0.717, 1.165) is 25.0 Å². The van der Waals surface area contributed by atoms with Crippen LogP contribution in [-0.2, 0) is 12.8 Å². The minimum absolute atomic E-state index is 0.377. The second-order valence-corrected chi connectivity index (χ2v) is 4.79. The Balaban J connectivity index is 1.76. The summed E-state index contributed by atoms with van der Waals surface area (Å²) in [5.41, 5.74) is 2.12. The average Bonchev–Trinajstić information content (AvgIpc) is 2.48. The number of benzene rings is 1. The topological polar surface area (TPSA) is 55.2 Å². The summed E-state index contributed by atoms with van der Waals surface area (Å²) in [4.78, 5) is 8.09. The Morgan fingerprint density at radius 2 is 2.00 bits per heavy atom. The van der Waals surface area contributed by atoms with Crippen molar-refractivity contribution >= 4 is 0 Å². The number of hydrogen-bond donors (Lipinski definition) is 1. The van der Waals surface area contributed by atoms with Crippen molar-refractivity contribution in [2.45, 2.75) is 31.8 Å². The average molecular weight is 272 g/mol. The van der Waals surface area contributed by atoms with Gasteiger partial charge >= 0.3 is 0 Å². The Morgan fingerprint density at radius 3 is 2.75 bits per heavy atom. The first-order valence-electron chi connectivity index (χ1n) is 6.85. The van der Waals surface area contributed by atoms with Gasteiger partial charge in [0, 0.05) is 12.5 Å². The van der Waals surface area contributed by atoms with Crippen molar-refractivity contribution < 1.29 is 9.84 Å². The molecule has 1 N–H and O–H groups in total. The quantitative estimate of drug-likeness (QED) is 0.841. The van der Waals surface area contributed by atoms with Crippen molar-refractivity contribution in [1.82, 2.24) is 9.97 Å². The molecule has 0 bridgehead atoms. The molecular weight excluding hydrogens is 252 g/mol. The number of nitrogens with zero attached hydrogens (tertiary/aromatic N) is 2. The molecule has 20 heavy (non-hydrogen) atoms. The van der Waals surface area contributed by atoms with Gasteiger partial charge in [0.05, 0.1) is 18.9 Å². The van der Waals surface area contributed by atoms with E-state index < -0.39 is 0 Å². The standard InChI is InChI=1S/C16H20N2O2/c1-20-16-11-14(17-12-18-16)10-15(19)9-5-8-13-6-3-2-4-7-13/h2-4,6-7,11-12,15,19H,5,8-10H2,1H3. The molecule has 1 heterocycles. The lowest BCUT2D eigenvalue weighted by Crippen LogP contribution is -2.12. The molecule has 1 unspecified atom stereocenters. The normalized spacial score (nSPS) is 12.1. The first kappa shape index (κ1) is 14.5. The molecule has 1 aromatic carbocycles. The third-order valence-corrected chi connectivity index (χ3v) is 3.20. The predicted octanol–water partition coefficient (Wildman–Crippen LogP) is 2.41. The zero-order chi connectivity index (χ0) is 14.2. The van der Waals surface area contributed by atoms with Crippen LogP contribution in [0.5, 0.6) is 5.88 Å². The van der Waals surface area contributed by atoms with Gasteiger partial charge in [0.25, 0.3) is 0 Å². The maximum Gasteiger partial charge on any atom is 0.216 e. The predicted molar refractivity (Wildman–Crippen MR) is 77.7 cm³/mol. The Hall–Kier alpha value is -1.94. The molecule has 0 aliphatic carbocycles. The fourth-order valence-corrected chi connectivity index (χ4v) is 2.13. The van der Waals surface area contributed by atoms with Gasteiger partial charge in [-0.05, 0) is 24.8 Å². The third kappa shape index (κ3) is 4.63. The minimum Gasteiger partial charge on any atom is -0.481 e. The van der Waals surface area contributed by atoms with Crippen molar-refractivity contribution in [3.8, 4) is 5.88 Å². The number of aliphatic hydroxyl groups is 1. The monoisotopic (exact) mass is 272 g/mol. The molecule has 0 aliphatic rings. The Labute approximate surface area is 119 Å². The fraction of sp³-hybridized carbons (Fsp3) is 0.375. The summed E-state index contributed by atoms with van der Waals surface area (Å²) in [5.74, 6) is 0.534. The summed E-state index contributed by atoms with van der Waals surface area (Å²) < 4.78 is 5.04. The first-order valence-corrected chi connectivity index (χ1v) is 6.85. The van der Waals surface area contributed by atoms with Gasteiger partial charge in [0.1, 0.15) is 6.33 Å². The van der Waals surface area contributed by atoms with E-state index in [1.165, 1.54) is 11.9 Å². The summed E-state index contributed by atoms with van der Waals surface area (Å²) >= 11 is 0. The first-order chi connectivity index (χ1) is 9.78. The molecule has 1 atom stereocenters. The Morgan fingerprint density at radius 1 is 1.20 bits per heavy atom. The van der Waals surface area contributed by atoms with E-state index in [0.29, 0.717) is 12.3 Å². The van der Waals surface area contributed by atoms with Crippen molar-refractivity contribution in [2.75, 3.05) is 7.11 Å². The van der Waals surface area contributed by atoms with Crippen LogP contribution in [0.2, 0.25) is 0 Å². The zero-order valence-electron chi connectivity index (χ0n) is 11.7. The van der Waals surface area contributed by atoms with Gasteiger partial charge in [-0.15, -0.1) is 0 Å². The molecule has 0 fully saturated rings. The van der Waals surface area contributed by atoms with Crippen molar-refractivity contribution in [1.29, 1.82) is 0 Å². The van der Waals surface area contributed by atoms with Crippen molar-refractivity contribution in [2.24, 2.45) is 0 Å². The van der Waals surface area contributed by atoms with Gasteiger partial charge in [-0.1, -0.05) is 30.3 Å². The molecule has 2 rings (SSSR count). The smallest absolute Gasteiger partial charge is 0.216 e. The van der Waals surface area contributed by atoms with Gasteiger partial charge in [-0.25, -0.2) is 9.97 Å².